The summed E-state index contributed by atoms with van der Waals surface area (Å²) in [6.45, 7) is 1.06. The summed E-state index contributed by atoms with van der Waals surface area (Å²) in [5.41, 5.74) is 0. The van der Waals surface area contributed by atoms with Gasteiger partial charge in [0.15, 0.2) is 0 Å². The Morgan fingerprint density at radius 2 is 1.88 bits per heavy atom. The van der Waals surface area contributed by atoms with E-state index in [0.29, 0.717) is 13.3 Å². The molecule has 9 unspecified atom stereocenters. The van der Waals surface area contributed by atoms with Gasteiger partial charge in [0.1, 0.15) is 0 Å². The van der Waals surface area contributed by atoms with Gasteiger partial charge in [-0.25, -0.2) is 0 Å². The molecule has 92 valence electrons. The molecule has 9 atom stereocenters. The number of hydrogen-bond acceptors (Lipinski definition) is 1. The average Bonchev–Trinajstić information content (AvgIpc) is 3.21. The zero-order valence-electron chi connectivity index (χ0n) is 9.89. The molecule has 10 rings (SSSR count). The van der Waals surface area contributed by atoms with Crippen molar-refractivity contribution in [3.63, 3.8) is 0 Å². The van der Waals surface area contributed by atoms with Gasteiger partial charge in [-0.15, -0.1) is 0 Å². The quantitative estimate of drug-likeness (QED) is 0.539. The molecule has 1 nitrogen and oxygen atoms in total. The van der Waals surface area contributed by atoms with Crippen molar-refractivity contribution in [1.82, 2.24) is 0 Å². The molecule has 17 heavy (non-hydrogen) atoms. The van der Waals surface area contributed by atoms with Gasteiger partial charge in [-0.2, -0.15) is 0 Å². The molecule has 1 spiro atoms. The third-order valence-electron chi connectivity index (χ3n) is 16.1. The van der Waals surface area contributed by atoms with Gasteiger partial charge < -0.3 is 0 Å². The zero-order chi connectivity index (χ0) is 11.1. The van der Waals surface area contributed by atoms with Crippen LogP contribution in [0.1, 0.15) is 20.3 Å². The number of carbonyl (C=O) groups excluding carboxylic acids is 1. The number of fused-ring (bicyclic) bond motifs is 10. The maximum atomic E-state index is 12.6. The van der Waals surface area contributed by atoms with Crippen LogP contribution in [0, 0.1) is 0 Å². The number of carbonyl (C=O) groups is 1. The van der Waals surface area contributed by atoms with Crippen molar-refractivity contribution in [1.29, 1.82) is 0 Å². The molecule has 0 aromatic rings. The molecule has 10 fully saturated rings. The Morgan fingerprint density at radius 3 is 2.06 bits per heavy atom. The normalized spacial score (nSPS) is 128. The van der Waals surface area contributed by atoms with Crippen molar-refractivity contribution in [3.8, 4) is 0 Å². The molecule has 10 aliphatic rings. The van der Waals surface area contributed by atoms with E-state index in [-0.39, 0.29) is 0 Å². The Hall–Kier alpha value is 0.669. The average molecular weight is 335 g/mol. The minimum atomic E-state index is -3.41. The molecule has 0 aromatic heterocycles. The molecule has 3 heteroatoms. The topological polar surface area (TPSA) is 17.1 Å². The van der Waals surface area contributed by atoms with Gasteiger partial charge >= 0.3 is 98.8 Å². The van der Waals surface area contributed by atoms with Crippen molar-refractivity contribution in [3.05, 3.63) is 0 Å². The molecule has 0 radical (unpaired) electrons. The van der Waals surface area contributed by atoms with Crippen molar-refractivity contribution in [2.45, 2.75) is 65.8 Å². The Balaban J connectivity index is 1.81. The molecule has 0 amide bonds. The van der Waals surface area contributed by atoms with E-state index < -0.39 is 6.51 Å². The summed E-state index contributed by atoms with van der Waals surface area (Å²) in [5, 5.41) is 0. The summed E-state index contributed by atoms with van der Waals surface area (Å²) in [7, 11) is 0. The summed E-state index contributed by atoms with van der Waals surface area (Å²) < 4.78 is 2.00. The van der Waals surface area contributed by atoms with Gasteiger partial charge in [0.25, 0.3) is 0 Å². The Bertz CT molecular complexity index is 1150. The van der Waals surface area contributed by atoms with Crippen LogP contribution in [-0.4, -0.2) is 9.01 Å². The number of halogens is 1. The number of ketones is 1. The van der Waals surface area contributed by atoms with Crippen molar-refractivity contribution < 1.29 is 11.3 Å². The van der Waals surface area contributed by atoms with E-state index in [4.69, 9.17) is 0 Å². The molecular formula is C14H15BrFeO. The standard InChI is InChI=1S/C9H11O.C5H4Br.Fe/c1-3-8-4-5-9(6-8)7(2)10;6-5-3-1-2-4-5;/h4-6H,3H2,1-2H3;1-4H;. The number of hydrogen-bond donors (Lipinski definition) is 0. The third kappa shape index (κ3) is 0.0580. The first-order valence-electron chi connectivity index (χ1n) is 7.23. The second-order valence-electron chi connectivity index (χ2n) is 10.9. The fraction of sp³-hybridized carbons (Fsp3) is 0.929. The SMILES string of the molecule is CC[C]12[CH]3[CH]4[C]5(C(C)=O)[CH]1[Fe]34251678[CH]2[CH]1[CH]6[C]7(Br)[CH]28. The molecular weight excluding hydrogens is 320 g/mol. The monoisotopic (exact) mass is 334 g/mol. The van der Waals surface area contributed by atoms with Gasteiger partial charge in [0.05, 0.1) is 0 Å². The molecule has 0 saturated carbocycles. The predicted molar refractivity (Wildman–Crippen MR) is 64.3 cm³/mol. The first kappa shape index (κ1) is 6.90. The van der Waals surface area contributed by atoms with E-state index in [1.807, 2.05) is 6.92 Å². The first-order valence-corrected chi connectivity index (χ1v) is 14.1. The minimum absolute atomic E-state index is 0.434. The Morgan fingerprint density at radius 1 is 1.24 bits per heavy atom. The molecule has 0 N–H and O–H groups in total. The van der Waals surface area contributed by atoms with E-state index in [1.54, 1.807) is 0 Å². The molecule has 0 aromatic carbocycles. The van der Waals surface area contributed by atoms with Crippen LogP contribution < -0.4 is 0 Å². The zero-order valence-corrected chi connectivity index (χ0v) is 12.6. The number of rotatable bonds is 2. The summed E-state index contributed by atoms with van der Waals surface area (Å²) in [6, 6.07) is 0. The van der Waals surface area contributed by atoms with Crippen LogP contribution in [0.5, 0.6) is 0 Å². The Labute approximate surface area is 98.5 Å². The van der Waals surface area contributed by atoms with Crippen LogP contribution in [0.15, 0.2) is 0 Å². The molecule has 10 heterocycles. The summed E-state index contributed by atoms with van der Waals surface area (Å²) in [5.74, 6) is 0.690. The molecule has 10 aliphatic heterocycles. The van der Waals surface area contributed by atoms with Gasteiger partial charge in [-0.3, -0.25) is 0 Å². The van der Waals surface area contributed by atoms with Crippen LogP contribution in [-0.2, 0) is 11.3 Å². The van der Waals surface area contributed by atoms with Crippen LogP contribution in [0.25, 0.3) is 0 Å². The number of Topliss-reactive ketones (excluding diaryl/α,β-unsaturated/α-hetero) is 1. The first-order chi connectivity index (χ1) is 7.82. The molecule has 0 bridgehead atoms. The van der Waals surface area contributed by atoms with E-state index in [9.17, 15) is 4.79 Å². The second kappa shape index (κ2) is 0.521. The molecule has 10 saturated heterocycles. The summed E-state index contributed by atoms with van der Waals surface area (Å²) in [4.78, 5) is 20.7. The summed E-state index contributed by atoms with van der Waals surface area (Å²) >= 11 is 4.36. The van der Waals surface area contributed by atoms with E-state index in [0.717, 1.165) is 23.6 Å². The second-order valence-corrected chi connectivity index (χ2v) is 35.8. The van der Waals surface area contributed by atoms with E-state index in [1.165, 1.54) is 20.9 Å². The van der Waals surface area contributed by atoms with E-state index >= 15 is 0 Å². The fourth-order valence-corrected chi connectivity index (χ4v) is 110. The predicted octanol–water partition coefficient (Wildman–Crippen LogP) is 4.42. The summed E-state index contributed by atoms with van der Waals surface area (Å²) in [6.07, 6.45) is 1.47. The fourth-order valence-electron chi connectivity index (χ4n) is 19.0. The van der Waals surface area contributed by atoms with Crippen LogP contribution >= 0.6 is 15.9 Å². The van der Waals surface area contributed by atoms with Crippen LogP contribution in [0.4, 0.5) is 0 Å². The maximum absolute atomic E-state index is 12.6. The van der Waals surface area contributed by atoms with E-state index in [2.05, 4.69) is 22.9 Å². The van der Waals surface area contributed by atoms with Crippen LogP contribution in [0.2, 0.25) is 42.3 Å². The van der Waals surface area contributed by atoms with Gasteiger partial charge in [0.2, 0.25) is 0 Å². The Kier molecular flexibility index (Phi) is 0.211. The number of alkyl halides is 1. The van der Waals surface area contributed by atoms with Gasteiger partial charge in [-0.1, -0.05) is 0 Å². The van der Waals surface area contributed by atoms with Gasteiger partial charge in [-0.05, 0) is 0 Å². The van der Waals surface area contributed by atoms with Crippen molar-refractivity contribution in [2.75, 3.05) is 0 Å². The van der Waals surface area contributed by atoms with Crippen LogP contribution in [0.3, 0.4) is 0 Å². The van der Waals surface area contributed by atoms with Crippen molar-refractivity contribution in [2.24, 2.45) is 0 Å². The van der Waals surface area contributed by atoms with Gasteiger partial charge in [0, 0.05) is 0 Å². The van der Waals surface area contributed by atoms with Crippen molar-refractivity contribution >= 4 is 21.7 Å². The molecule has 0 aliphatic carbocycles. The third-order valence-corrected chi connectivity index (χ3v) is 67.1.